The van der Waals surface area contributed by atoms with E-state index in [0.29, 0.717) is 0 Å². The minimum atomic E-state index is -1.46. The van der Waals surface area contributed by atoms with E-state index in [1.807, 2.05) is 0 Å². The van der Waals surface area contributed by atoms with Crippen molar-refractivity contribution in [2.75, 3.05) is 6.61 Å². The largest absolute Gasteiger partial charge is 0.501 e. The standard InChI is InChI=1S/C9H12N2O6/c12-4-3-6(13)8(15)5-1-2-7(14)9(10-5)11(16)17/h1-2,6,8,12-15H,3-4H2. The van der Waals surface area contributed by atoms with Crippen LogP contribution in [0.3, 0.4) is 0 Å². The molecule has 17 heavy (non-hydrogen) atoms. The molecule has 94 valence electrons. The second-order valence-corrected chi connectivity index (χ2v) is 3.36. The highest BCUT2D eigenvalue weighted by molar-refractivity contribution is 5.39. The zero-order valence-corrected chi connectivity index (χ0v) is 8.72. The third-order valence-corrected chi connectivity index (χ3v) is 2.14. The molecule has 8 nitrogen and oxygen atoms in total. The lowest BCUT2D eigenvalue weighted by molar-refractivity contribution is -0.390. The van der Waals surface area contributed by atoms with Crippen LogP contribution in [0.15, 0.2) is 12.1 Å². The molecular formula is C9H12N2O6. The number of aliphatic hydroxyl groups is 3. The van der Waals surface area contributed by atoms with Gasteiger partial charge in [-0.25, -0.2) is 0 Å². The zero-order chi connectivity index (χ0) is 13.0. The molecule has 0 saturated heterocycles. The molecular weight excluding hydrogens is 232 g/mol. The van der Waals surface area contributed by atoms with Gasteiger partial charge < -0.3 is 30.5 Å². The maximum absolute atomic E-state index is 10.5. The number of rotatable bonds is 5. The number of hydrogen-bond donors (Lipinski definition) is 4. The Hall–Kier alpha value is -1.77. The first-order chi connectivity index (χ1) is 7.97. The second-order valence-electron chi connectivity index (χ2n) is 3.36. The van der Waals surface area contributed by atoms with Crippen LogP contribution in [-0.4, -0.2) is 43.0 Å². The van der Waals surface area contributed by atoms with Crippen LogP contribution in [0.2, 0.25) is 0 Å². The van der Waals surface area contributed by atoms with Crippen LogP contribution in [0, 0.1) is 10.1 Å². The Labute approximate surface area is 95.9 Å². The number of aromatic hydroxyl groups is 1. The highest BCUT2D eigenvalue weighted by Crippen LogP contribution is 2.26. The molecule has 4 N–H and O–H groups in total. The molecule has 0 bridgehead atoms. The van der Waals surface area contributed by atoms with E-state index in [2.05, 4.69) is 4.98 Å². The Balaban J connectivity index is 2.99. The van der Waals surface area contributed by atoms with Gasteiger partial charge in [-0.2, -0.15) is 0 Å². The molecule has 2 unspecified atom stereocenters. The van der Waals surface area contributed by atoms with Crippen molar-refractivity contribution in [3.05, 3.63) is 27.9 Å². The smallest absolute Gasteiger partial charge is 0.406 e. The quantitative estimate of drug-likeness (QED) is 0.403. The van der Waals surface area contributed by atoms with Crippen LogP contribution < -0.4 is 0 Å². The van der Waals surface area contributed by atoms with Crippen LogP contribution >= 0.6 is 0 Å². The summed E-state index contributed by atoms with van der Waals surface area (Å²) < 4.78 is 0. The van der Waals surface area contributed by atoms with Crippen LogP contribution in [0.25, 0.3) is 0 Å². The number of hydrogen-bond acceptors (Lipinski definition) is 7. The monoisotopic (exact) mass is 244 g/mol. The van der Waals surface area contributed by atoms with Crippen LogP contribution in [-0.2, 0) is 0 Å². The summed E-state index contributed by atoms with van der Waals surface area (Å²) in [4.78, 5) is 13.0. The fourth-order valence-corrected chi connectivity index (χ4v) is 1.24. The predicted molar refractivity (Wildman–Crippen MR) is 55.2 cm³/mol. The topological polar surface area (TPSA) is 137 Å². The molecule has 0 radical (unpaired) electrons. The summed E-state index contributed by atoms with van der Waals surface area (Å²) in [6, 6.07) is 2.17. The van der Waals surface area contributed by atoms with Gasteiger partial charge in [0.05, 0.1) is 6.10 Å². The van der Waals surface area contributed by atoms with Gasteiger partial charge >= 0.3 is 5.82 Å². The Morgan fingerprint density at radius 1 is 1.41 bits per heavy atom. The van der Waals surface area contributed by atoms with E-state index in [1.165, 1.54) is 0 Å². The minimum Gasteiger partial charge on any atom is -0.501 e. The summed E-state index contributed by atoms with van der Waals surface area (Å²) in [5, 5.41) is 47.2. The Morgan fingerprint density at radius 2 is 2.06 bits per heavy atom. The van der Waals surface area contributed by atoms with Gasteiger partial charge in [-0.15, -0.1) is 0 Å². The van der Waals surface area contributed by atoms with Crippen molar-refractivity contribution >= 4 is 5.82 Å². The maximum atomic E-state index is 10.5. The van der Waals surface area contributed by atoms with E-state index in [9.17, 15) is 20.3 Å². The number of aromatic nitrogens is 1. The van der Waals surface area contributed by atoms with Crippen molar-refractivity contribution in [3.63, 3.8) is 0 Å². The van der Waals surface area contributed by atoms with Gasteiger partial charge in [0.15, 0.2) is 5.69 Å². The number of nitro groups is 1. The first-order valence-electron chi connectivity index (χ1n) is 4.78. The van der Waals surface area contributed by atoms with Gasteiger partial charge in [0.25, 0.3) is 0 Å². The molecule has 0 saturated carbocycles. The second kappa shape index (κ2) is 5.53. The lowest BCUT2D eigenvalue weighted by Gasteiger charge is -2.13. The summed E-state index contributed by atoms with van der Waals surface area (Å²) in [5.74, 6) is -1.42. The SMILES string of the molecule is O=[N+]([O-])c1nc(C(O)C(O)CCO)ccc1O. The summed E-state index contributed by atoms with van der Waals surface area (Å²) in [6.07, 6.45) is -2.82. The van der Waals surface area contributed by atoms with Crippen molar-refractivity contribution in [1.29, 1.82) is 0 Å². The molecule has 1 aromatic heterocycles. The average molecular weight is 244 g/mol. The molecule has 1 aromatic rings. The summed E-state index contributed by atoms with van der Waals surface area (Å²) in [6.45, 7) is -0.335. The molecule has 1 heterocycles. The van der Waals surface area contributed by atoms with Crippen molar-refractivity contribution in [2.45, 2.75) is 18.6 Å². The van der Waals surface area contributed by atoms with E-state index in [-0.39, 0.29) is 18.7 Å². The highest BCUT2D eigenvalue weighted by Gasteiger charge is 2.26. The van der Waals surface area contributed by atoms with E-state index in [0.717, 1.165) is 12.1 Å². The van der Waals surface area contributed by atoms with Gasteiger partial charge in [0, 0.05) is 6.61 Å². The molecule has 0 aromatic carbocycles. The normalized spacial score (nSPS) is 14.3. The van der Waals surface area contributed by atoms with E-state index in [4.69, 9.17) is 10.2 Å². The molecule has 0 aliphatic carbocycles. The van der Waals surface area contributed by atoms with Crippen molar-refractivity contribution < 1.29 is 25.3 Å². The Bertz CT molecular complexity index is 410. The molecule has 0 aliphatic rings. The minimum absolute atomic E-state index is 0.0858. The zero-order valence-electron chi connectivity index (χ0n) is 8.72. The molecule has 0 amide bonds. The molecule has 0 spiro atoms. The lowest BCUT2D eigenvalue weighted by atomic mass is 10.1. The van der Waals surface area contributed by atoms with E-state index < -0.39 is 28.7 Å². The van der Waals surface area contributed by atoms with Crippen LogP contribution in [0.4, 0.5) is 5.82 Å². The van der Waals surface area contributed by atoms with E-state index in [1.54, 1.807) is 0 Å². The van der Waals surface area contributed by atoms with Crippen molar-refractivity contribution in [2.24, 2.45) is 0 Å². The Morgan fingerprint density at radius 3 is 2.59 bits per heavy atom. The fraction of sp³-hybridized carbons (Fsp3) is 0.444. The van der Waals surface area contributed by atoms with Gasteiger partial charge in [0.1, 0.15) is 6.10 Å². The average Bonchev–Trinajstić information content (AvgIpc) is 2.28. The first kappa shape index (κ1) is 13.3. The molecule has 0 aliphatic heterocycles. The molecule has 1 rings (SSSR count). The van der Waals surface area contributed by atoms with Crippen molar-refractivity contribution in [3.8, 4) is 5.75 Å². The summed E-state index contributed by atoms with van der Waals surface area (Å²) in [5.41, 5.74) is -0.143. The molecule has 8 heteroatoms. The predicted octanol–water partition coefficient (Wildman–Crippen LogP) is -0.528. The third kappa shape index (κ3) is 3.09. The lowest BCUT2D eigenvalue weighted by Crippen LogP contribution is -2.20. The van der Waals surface area contributed by atoms with Crippen LogP contribution in [0.5, 0.6) is 5.75 Å². The number of pyridine rings is 1. The first-order valence-corrected chi connectivity index (χ1v) is 4.78. The number of aliphatic hydroxyl groups excluding tert-OH is 3. The highest BCUT2D eigenvalue weighted by atomic mass is 16.6. The van der Waals surface area contributed by atoms with E-state index >= 15 is 0 Å². The van der Waals surface area contributed by atoms with Gasteiger partial charge in [-0.05, 0) is 28.5 Å². The third-order valence-electron chi connectivity index (χ3n) is 2.14. The maximum Gasteiger partial charge on any atom is 0.406 e. The van der Waals surface area contributed by atoms with Crippen LogP contribution in [0.1, 0.15) is 18.2 Å². The summed E-state index contributed by atoms with van der Waals surface area (Å²) in [7, 11) is 0. The fourth-order valence-electron chi connectivity index (χ4n) is 1.24. The van der Waals surface area contributed by atoms with Gasteiger partial charge in [-0.3, -0.25) is 0 Å². The molecule has 2 atom stereocenters. The van der Waals surface area contributed by atoms with Crippen molar-refractivity contribution in [1.82, 2.24) is 4.98 Å². The van der Waals surface area contributed by atoms with Gasteiger partial charge in [-0.1, -0.05) is 0 Å². The summed E-state index contributed by atoms with van der Waals surface area (Å²) >= 11 is 0. The molecule has 0 fully saturated rings. The Kier molecular flexibility index (Phi) is 4.32. The number of nitrogens with zero attached hydrogens (tertiary/aromatic N) is 2. The van der Waals surface area contributed by atoms with Gasteiger partial charge in [0.2, 0.25) is 5.75 Å².